The normalized spacial score (nSPS) is 11.2. The van der Waals surface area contributed by atoms with Crippen LogP contribution in [0.15, 0.2) is 41.5 Å². The van der Waals surface area contributed by atoms with Crippen LogP contribution in [0.2, 0.25) is 0 Å². The van der Waals surface area contributed by atoms with Gasteiger partial charge in [-0.25, -0.2) is 0 Å². The van der Waals surface area contributed by atoms with Gasteiger partial charge in [0, 0.05) is 11.6 Å². The molecule has 0 atom stereocenters. The van der Waals surface area contributed by atoms with Crippen molar-refractivity contribution < 1.29 is 0 Å². The SMILES string of the molecule is BrC=Cc1cnc2ccccc2c1. The van der Waals surface area contributed by atoms with Crippen LogP contribution >= 0.6 is 15.9 Å². The van der Waals surface area contributed by atoms with E-state index in [0.29, 0.717) is 0 Å². The summed E-state index contributed by atoms with van der Waals surface area (Å²) in [5.74, 6) is 0. The predicted octanol–water partition coefficient (Wildman–Crippen LogP) is 3.60. The van der Waals surface area contributed by atoms with Gasteiger partial charge in [-0.3, -0.25) is 4.98 Å². The van der Waals surface area contributed by atoms with E-state index < -0.39 is 0 Å². The fourth-order valence-corrected chi connectivity index (χ4v) is 1.56. The zero-order chi connectivity index (χ0) is 9.10. The molecular weight excluding hydrogens is 226 g/mol. The molecule has 2 heteroatoms. The first-order valence-corrected chi connectivity index (χ1v) is 4.93. The quantitative estimate of drug-likeness (QED) is 0.734. The molecule has 0 amide bonds. The largest absolute Gasteiger partial charge is 0.256 e. The first-order valence-electron chi connectivity index (χ1n) is 4.02. The van der Waals surface area contributed by atoms with Crippen LogP contribution in [0.4, 0.5) is 0 Å². The highest BCUT2D eigenvalue weighted by Crippen LogP contribution is 2.13. The second-order valence-corrected chi connectivity index (χ2v) is 3.28. The molecule has 1 heterocycles. The van der Waals surface area contributed by atoms with Crippen LogP contribution in [-0.4, -0.2) is 4.98 Å². The average molecular weight is 234 g/mol. The Morgan fingerprint density at radius 1 is 1.23 bits per heavy atom. The third-order valence-electron chi connectivity index (χ3n) is 1.87. The second-order valence-electron chi connectivity index (χ2n) is 2.75. The maximum Gasteiger partial charge on any atom is 0.0702 e. The third-order valence-corrected chi connectivity index (χ3v) is 2.13. The van der Waals surface area contributed by atoms with Crippen molar-refractivity contribution in [3.05, 3.63) is 47.1 Å². The Bertz CT molecular complexity index is 449. The molecule has 13 heavy (non-hydrogen) atoms. The van der Waals surface area contributed by atoms with E-state index >= 15 is 0 Å². The molecule has 0 fully saturated rings. The lowest BCUT2D eigenvalue weighted by molar-refractivity contribution is 1.40. The summed E-state index contributed by atoms with van der Waals surface area (Å²) >= 11 is 3.24. The number of benzene rings is 1. The van der Waals surface area contributed by atoms with Gasteiger partial charge in [-0.1, -0.05) is 34.1 Å². The van der Waals surface area contributed by atoms with Gasteiger partial charge in [0.15, 0.2) is 0 Å². The van der Waals surface area contributed by atoms with Crippen LogP contribution in [0.3, 0.4) is 0 Å². The van der Waals surface area contributed by atoms with Crippen LogP contribution in [0.5, 0.6) is 0 Å². The van der Waals surface area contributed by atoms with Crippen LogP contribution in [0, 0.1) is 0 Å². The highest BCUT2D eigenvalue weighted by molar-refractivity contribution is 9.11. The van der Waals surface area contributed by atoms with Gasteiger partial charge >= 0.3 is 0 Å². The molecule has 0 aliphatic rings. The Balaban J connectivity index is 2.62. The lowest BCUT2D eigenvalue weighted by Gasteiger charge is -1.97. The first-order chi connectivity index (χ1) is 6.40. The topological polar surface area (TPSA) is 12.9 Å². The minimum absolute atomic E-state index is 1.04. The lowest BCUT2D eigenvalue weighted by atomic mass is 10.2. The number of hydrogen-bond acceptors (Lipinski definition) is 1. The van der Waals surface area contributed by atoms with Crippen LogP contribution in [0.1, 0.15) is 5.56 Å². The minimum Gasteiger partial charge on any atom is -0.256 e. The standard InChI is InChI=1S/C11H8BrN/c12-6-5-9-7-10-3-1-2-4-11(10)13-8-9/h1-8H. The van der Waals surface area contributed by atoms with E-state index in [0.717, 1.165) is 11.1 Å². The van der Waals surface area contributed by atoms with Crippen molar-refractivity contribution >= 4 is 32.9 Å². The number of halogens is 1. The van der Waals surface area contributed by atoms with Gasteiger partial charge in [-0.05, 0) is 28.8 Å². The molecule has 0 saturated heterocycles. The van der Waals surface area contributed by atoms with Crippen molar-refractivity contribution in [2.75, 3.05) is 0 Å². The van der Waals surface area contributed by atoms with Gasteiger partial charge < -0.3 is 0 Å². The Morgan fingerprint density at radius 2 is 2.08 bits per heavy atom. The molecule has 1 nitrogen and oxygen atoms in total. The molecule has 2 aromatic rings. The molecule has 0 bridgehead atoms. The van der Waals surface area contributed by atoms with E-state index in [-0.39, 0.29) is 0 Å². The highest BCUT2D eigenvalue weighted by atomic mass is 79.9. The highest BCUT2D eigenvalue weighted by Gasteiger charge is 1.92. The fourth-order valence-electron chi connectivity index (χ4n) is 1.25. The van der Waals surface area contributed by atoms with Crippen molar-refractivity contribution in [1.29, 1.82) is 0 Å². The second kappa shape index (κ2) is 3.71. The van der Waals surface area contributed by atoms with Crippen molar-refractivity contribution in [2.45, 2.75) is 0 Å². The van der Waals surface area contributed by atoms with Gasteiger partial charge in [-0.2, -0.15) is 0 Å². The zero-order valence-corrected chi connectivity index (χ0v) is 8.53. The Labute approximate surface area is 85.2 Å². The summed E-state index contributed by atoms with van der Waals surface area (Å²) in [7, 11) is 0. The summed E-state index contributed by atoms with van der Waals surface area (Å²) in [6.07, 6.45) is 3.83. The molecule has 0 unspecified atom stereocenters. The maximum atomic E-state index is 4.33. The molecule has 1 aromatic heterocycles. The van der Waals surface area contributed by atoms with Crippen molar-refractivity contribution in [3.63, 3.8) is 0 Å². The zero-order valence-electron chi connectivity index (χ0n) is 6.94. The van der Waals surface area contributed by atoms with Crippen LogP contribution < -0.4 is 0 Å². The summed E-state index contributed by atoms with van der Waals surface area (Å²) in [5, 5.41) is 1.17. The molecule has 0 saturated carbocycles. The van der Waals surface area contributed by atoms with Crippen LogP contribution in [-0.2, 0) is 0 Å². The average Bonchev–Trinajstić information content (AvgIpc) is 2.18. The Kier molecular flexibility index (Phi) is 2.41. The number of para-hydroxylation sites is 1. The lowest BCUT2D eigenvalue weighted by Crippen LogP contribution is -1.79. The van der Waals surface area contributed by atoms with E-state index in [9.17, 15) is 0 Å². The molecule has 2 rings (SSSR count). The molecule has 0 N–H and O–H groups in total. The van der Waals surface area contributed by atoms with Crippen LogP contribution in [0.25, 0.3) is 17.0 Å². The number of aromatic nitrogens is 1. The molecular formula is C11H8BrN. The van der Waals surface area contributed by atoms with Gasteiger partial charge in [-0.15, -0.1) is 0 Å². The smallest absolute Gasteiger partial charge is 0.0702 e. The molecule has 64 valence electrons. The van der Waals surface area contributed by atoms with Gasteiger partial charge in [0.2, 0.25) is 0 Å². The van der Waals surface area contributed by atoms with Crippen molar-refractivity contribution in [2.24, 2.45) is 0 Å². The maximum absolute atomic E-state index is 4.33. The Morgan fingerprint density at radius 3 is 2.92 bits per heavy atom. The number of pyridine rings is 1. The van der Waals surface area contributed by atoms with Gasteiger partial charge in [0.1, 0.15) is 0 Å². The van der Waals surface area contributed by atoms with Gasteiger partial charge in [0.25, 0.3) is 0 Å². The fraction of sp³-hybridized carbons (Fsp3) is 0. The summed E-state index contributed by atoms with van der Waals surface area (Å²) in [4.78, 5) is 6.16. The number of nitrogens with zero attached hydrogens (tertiary/aromatic N) is 1. The third kappa shape index (κ3) is 1.78. The van der Waals surface area contributed by atoms with E-state index in [4.69, 9.17) is 0 Å². The molecule has 0 spiro atoms. The molecule has 0 radical (unpaired) electrons. The monoisotopic (exact) mass is 233 g/mol. The minimum atomic E-state index is 1.04. The summed E-state index contributed by atoms with van der Waals surface area (Å²) in [5.41, 5.74) is 2.14. The van der Waals surface area contributed by atoms with Crippen molar-refractivity contribution in [3.8, 4) is 0 Å². The van der Waals surface area contributed by atoms with Crippen molar-refractivity contribution in [1.82, 2.24) is 4.98 Å². The molecule has 0 aliphatic carbocycles. The molecule has 0 aliphatic heterocycles. The Hall–Kier alpha value is -1.15. The number of rotatable bonds is 1. The summed E-state index contributed by atoms with van der Waals surface area (Å²) < 4.78 is 0. The number of fused-ring (bicyclic) bond motifs is 1. The van der Waals surface area contributed by atoms with E-state index in [1.54, 1.807) is 0 Å². The summed E-state index contributed by atoms with van der Waals surface area (Å²) in [6, 6.07) is 10.2. The van der Waals surface area contributed by atoms with Gasteiger partial charge in [0.05, 0.1) is 5.52 Å². The first kappa shape index (κ1) is 8.45. The van der Waals surface area contributed by atoms with E-state index in [1.807, 2.05) is 35.5 Å². The van der Waals surface area contributed by atoms with E-state index in [1.165, 1.54) is 5.39 Å². The molecule has 1 aromatic carbocycles. The van der Waals surface area contributed by atoms with E-state index in [2.05, 4.69) is 33.0 Å². The summed E-state index contributed by atoms with van der Waals surface area (Å²) in [6.45, 7) is 0. The number of hydrogen-bond donors (Lipinski definition) is 0. The predicted molar refractivity (Wildman–Crippen MR) is 59.7 cm³/mol.